The van der Waals surface area contributed by atoms with E-state index in [9.17, 15) is 4.39 Å². The Morgan fingerprint density at radius 1 is 1.18 bits per heavy atom. The fourth-order valence-electron chi connectivity index (χ4n) is 2.86. The molecule has 1 aliphatic carbocycles. The van der Waals surface area contributed by atoms with Gasteiger partial charge in [-0.15, -0.1) is 11.6 Å². The summed E-state index contributed by atoms with van der Waals surface area (Å²) in [6.07, 6.45) is 2.39. The van der Waals surface area contributed by atoms with Crippen molar-refractivity contribution in [2.24, 2.45) is 16.2 Å². The molecule has 0 bridgehead atoms. The maximum absolute atomic E-state index is 14.3. The zero-order valence-electron chi connectivity index (χ0n) is 12.5. The highest BCUT2D eigenvalue weighted by Crippen LogP contribution is 2.67. The van der Waals surface area contributed by atoms with Crippen molar-refractivity contribution in [2.45, 2.75) is 78.8 Å². The van der Waals surface area contributed by atoms with Gasteiger partial charge in [-0.05, 0) is 37.0 Å². The van der Waals surface area contributed by atoms with Crippen LogP contribution in [0.15, 0.2) is 0 Å². The van der Waals surface area contributed by atoms with Crippen molar-refractivity contribution >= 4 is 11.6 Å². The van der Waals surface area contributed by atoms with Crippen LogP contribution in [0.3, 0.4) is 0 Å². The first-order valence-electron chi connectivity index (χ1n) is 6.62. The monoisotopic (exact) mass is 262 g/mol. The highest BCUT2D eigenvalue weighted by molar-refractivity contribution is 6.21. The highest BCUT2D eigenvalue weighted by atomic mass is 35.5. The molecule has 0 amide bonds. The van der Waals surface area contributed by atoms with Crippen LogP contribution < -0.4 is 0 Å². The third-order valence-corrected chi connectivity index (χ3v) is 4.84. The van der Waals surface area contributed by atoms with Gasteiger partial charge in [0.2, 0.25) is 0 Å². The van der Waals surface area contributed by atoms with Crippen molar-refractivity contribution in [2.75, 3.05) is 0 Å². The van der Waals surface area contributed by atoms with E-state index in [2.05, 4.69) is 41.5 Å². The largest absolute Gasteiger partial charge is 0.244 e. The van der Waals surface area contributed by atoms with Crippen molar-refractivity contribution in [3.8, 4) is 0 Å². The van der Waals surface area contributed by atoms with Crippen molar-refractivity contribution in [1.82, 2.24) is 0 Å². The Hall–Kier alpha value is 0.220. The smallest absolute Gasteiger partial charge is 0.114 e. The molecular weight excluding hydrogens is 235 g/mol. The molecule has 0 heterocycles. The predicted molar refractivity (Wildman–Crippen MR) is 74.3 cm³/mol. The fourth-order valence-corrected chi connectivity index (χ4v) is 3.16. The SMILES string of the molecule is CC(C)(C)C[C@@]1(C[C@@H](Cl)C(C)(C)C)CC1(C)F. The third-order valence-electron chi connectivity index (χ3n) is 4.03. The molecule has 0 saturated heterocycles. The van der Waals surface area contributed by atoms with Crippen LogP contribution in [-0.4, -0.2) is 11.0 Å². The van der Waals surface area contributed by atoms with Crippen molar-refractivity contribution in [3.05, 3.63) is 0 Å². The van der Waals surface area contributed by atoms with Gasteiger partial charge in [-0.1, -0.05) is 41.5 Å². The standard InChI is InChI=1S/C15H28ClF/c1-12(2,3)9-15(10-14(15,7)17)8-11(16)13(4,5)6/h11H,8-10H2,1-7H3/t11-,14?,15+/m1/s1. The molecule has 0 aromatic carbocycles. The second-order valence-corrected chi connectivity index (χ2v) is 8.96. The lowest BCUT2D eigenvalue weighted by atomic mass is 9.75. The number of halogens is 2. The number of hydrogen-bond acceptors (Lipinski definition) is 0. The molecule has 0 nitrogen and oxygen atoms in total. The number of hydrogen-bond donors (Lipinski definition) is 0. The molecule has 2 heteroatoms. The van der Waals surface area contributed by atoms with E-state index in [4.69, 9.17) is 11.6 Å². The van der Waals surface area contributed by atoms with E-state index in [1.165, 1.54) is 0 Å². The van der Waals surface area contributed by atoms with Gasteiger partial charge in [0.15, 0.2) is 0 Å². The van der Waals surface area contributed by atoms with Crippen molar-refractivity contribution < 1.29 is 4.39 Å². The van der Waals surface area contributed by atoms with E-state index in [0.29, 0.717) is 6.42 Å². The third kappa shape index (κ3) is 3.59. The minimum Gasteiger partial charge on any atom is -0.244 e. The summed E-state index contributed by atoms with van der Waals surface area (Å²) in [5.74, 6) is 0. The minimum atomic E-state index is -1.02. The van der Waals surface area contributed by atoms with Crippen LogP contribution in [-0.2, 0) is 0 Å². The van der Waals surface area contributed by atoms with Gasteiger partial charge in [0.25, 0.3) is 0 Å². The van der Waals surface area contributed by atoms with E-state index in [1.807, 2.05) is 0 Å². The van der Waals surface area contributed by atoms with Crippen LogP contribution in [0.25, 0.3) is 0 Å². The zero-order chi connectivity index (χ0) is 13.7. The molecule has 0 N–H and O–H groups in total. The molecule has 0 aromatic rings. The van der Waals surface area contributed by atoms with Crippen LogP contribution in [0, 0.1) is 16.2 Å². The quantitative estimate of drug-likeness (QED) is 0.582. The van der Waals surface area contributed by atoms with Crippen LogP contribution in [0.1, 0.15) is 67.7 Å². The summed E-state index contributed by atoms with van der Waals surface area (Å²) >= 11 is 6.47. The van der Waals surface area contributed by atoms with Crippen LogP contribution >= 0.6 is 11.6 Å². The van der Waals surface area contributed by atoms with Gasteiger partial charge in [0.05, 0.1) is 0 Å². The summed E-state index contributed by atoms with van der Waals surface area (Å²) in [7, 11) is 0. The van der Waals surface area contributed by atoms with E-state index < -0.39 is 5.67 Å². The average molecular weight is 263 g/mol. The maximum atomic E-state index is 14.3. The first-order chi connectivity index (χ1) is 7.29. The van der Waals surface area contributed by atoms with Crippen LogP contribution in [0.5, 0.6) is 0 Å². The Morgan fingerprint density at radius 3 is 1.82 bits per heavy atom. The first kappa shape index (κ1) is 15.3. The van der Waals surface area contributed by atoms with Crippen molar-refractivity contribution in [3.63, 3.8) is 0 Å². The van der Waals surface area contributed by atoms with E-state index >= 15 is 0 Å². The Bertz CT molecular complexity index is 282. The highest BCUT2D eigenvalue weighted by Gasteiger charge is 2.66. The fraction of sp³-hybridized carbons (Fsp3) is 1.00. The van der Waals surface area contributed by atoms with Gasteiger partial charge in [0, 0.05) is 10.8 Å². The van der Waals surface area contributed by atoms with Gasteiger partial charge in [0.1, 0.15) is 5.67 Å². The van der Waals surface area contributed by atoms with Gasteiger partial charge < -0.3 is 0 Å². The molecule has 1 unspecified atom stereocenters. The molecule has 1 saturated carbocycles. The topological polar surface area (TPSA) is 0 Å². The molecular formula is C15H28ClF. The molecule has 0 aliphatic heterocycles. The van der Waals surface area contributed by atoms with Crippen LogP contribution in [0.2, 0.25) is 0 Å². The molecule has 102 valence electrons. The molecule has 1 rings (SSSR count). The maximum Gasteiger partial charge on any atom is 0.114 e. The summed E-state index contributed by atoms with van der Waals surface area (Å²) in [5, 5.41) is 0.0439. The summed E-state index contributed by atoms with van der Waals surface area (Å²) < 4.78 is 14.3. The second kappa shape index (κ2) is 4.11. The van der Waals surface area contributed by atoms with E-state index in [1.54, 1.807) is 6.92 Å². The lowest BCUT2D eigenvalue weighted by molar-refractivity contribution is 0.158. The Labute approximate surface area is 111 Å². The number of rotatable bonds is 3. The number of alkyl halides is 2. The Morgan fingerprint density at radius 2 is 1.59 bits per heavy atom. The predicted octanol–water partition coefficient (Wildman–Crippen LogP) is 5.58. The molecule has 17 heavy (non-hydrogen) atoms. The average Bonchev–Trinajstić information content (AvgIpc) is 2.44. The molecule has 1 fully saturated rings. The first-order valence-corrected chi connectivity index (χ1v) is 7.06. The van der Waals surface area contributed by atoms with E-state index in [-0.39, 0.29) is 21.6 Å². The molecule has 1 aliphatic rings. The minimum absolute atomic E-state index is 0.0439. The molecule has 3 atom stereocenters. The van der Waals surface area contributed by atoms with Crippen LogP contribution in [0.4, 0.5) is 4.39 Å². The Kier molecular flexibility index (Phi) is 3.70. The summed E-state index contributed by atoms with van der Waals surface area (Å²) in [6, 6.07) is 0. The van der Waals surface area contributed by atoms with Gasteiger partial charge in [-0.3, -0.25) is 0 Å². The van der Waals surface area contributed by atoms with Gasteiger partial charge in [-0.25, -0.2) is 4.39 Å². The second-order valence-electron chi connectivity index (χ2n) is 8.43. The summed E-state index contributed by atoms with van der Waals surface area (Å²) in [6.45, 7) is 14.7. The normalized spacial score (nSPS) is 35.8. The lowest BCUT2D eigenvalue weighted by Gasteiger charge is -2.33. The van der Waals surface area contributed by atoms with Gasteiger partial charge >= 0.3 is 0 Å². The lowest BCUT2D eigenvalue weighted by Crippen LogP contribution is -2.29. The zero-order valence-corrected chi connectivity index (χ0v) is 13.2. The summed E-state index contributed by atoms with van der Waals surface area (Å²) in [5.41, 5.74) is -0.993. The Balaban J connectivity index is 2.77. The van der Waals surface area contributed by atoms with Crippen molar-refractivity contribution in [1.29, 1.82) is 0 Å². The summed E-state index contributed by atoms with van der Waals surface area (Å²) in [4.78, 5) is 0. The molecule has 0 aromatic heterocycles. The van der Waals surface area contributed by atoms with E-state index in [0.717, 1.165) is 12.8 Å². The molecule has 0 radical (unpaired) electrons. The molecule has 0 spiro atoms. The van der Waals surface area contributed by atoms with Gasteiger partial charge in [-0.2, -0.15) is 0 Å².